The van der Waals surface area contributed by atoms with Crippen molar-refractivity contribution in [1.29, 1.82) is 0 Å². The van der Waals surface area contributed by atoms with Crippen molar-refractivity contribution in [1.82, 2.24) is 20.2 Å². The number of carbonyl (C=O) groups is 1. The molecule has 2 N–H and O–H groups in total. The van der Waals surface area contributed by atoms with E-state index in [1.54, 1.807) is 0 Å². The van der Waals surface area contributed by atoms with Gasteiger partial charge in [-0.05, 0) is 51.5 Å². The maximum absolute atomic E-state index is 11.9. The van der Waals surface area contributed by atoms with Crippen molar-refractivity contribution in [3.05, 3.63) is 35.5 Å². The normalized spacial score (nSPS) is 21.8. The van der Waals surface area contributed by atoms with Crippen molar-refractivity contribution in [2.75, 3.05) is 62.8 Å². The second kappa shape index (κ2) is 10.7. The van der Waals surface area contributed by atoms with Gasteiger partial charge in [-0.2, -0.15) is 0 Å². The summed E-state index contributed by atoms with van der Waals surface area (Å²) < 4.78 is 17.4. The molecule has 5 rings (SSSR count). The maximum Gasteiger partial charge on any atom is 0.319 e. The zero-order chi connectivity index (χ0) is 25.1. The molecule has 4 heterocycles. The van der Waals surface area contributed by atoms with Gasteiger partial charge in [-0.1, -0.05) is 0 Å². The van der Waals surface area contributed by atoms with Gasteiger partial charge in [0.1, 0.15) is 5.82 Å². The average Bonchev–Trinajstić information content (AvgIpc) is 3.22. The van der Waals surface area contributed by atoms with Crippen molar-refractivity contribution < 1.29 is 19.0 Å². The van der Waals surface area contributed by atoms with Gasteiger partial charge in [0.15, 0.2) is 11.6 Å². The number of aromatic nitrogens is 2. The lowest BCUT2D eigenvalue weighted by Crippen LogP contribution is -2.41. The van der Waals surface area contributed by atoms with Crippen LogP contribution in [0.3, 0.4) is 0 Å². The number of ether oxygens (including phenoxy) is 3. The Morgan fingerprint density at radius 2 is 1.92 bits per heavy atom. The second-order valence-electron chi connectivity index (χ2n) is 9.89. The van der Waals surface area contributed by atoms with Crippen molar-refractivity contribution in [2.24, 2.45) is 0 Å². The van der Waals surface area contributed by atoms with Crippen LogP contribution in [-0.4, -0.2) is 85.3 Å². The summed E-state index contributed by atoms with van der Waals surface area (Å²) in [6.07, 6.45) is 0.959. The molecule has 2 saturated heterocycles. The minimum absolute atomic E-state index is 0.0616. The molecule has 3 aliphatic heterocycles. The van der Waals surface area contributed by atoms with Crippen LogP contribution < -0.4 is 15.5 Å². The van der Waals surface area contributed by atoms with Crippen molar-refractivity contribution in [2.45, 2.75) is 45.6 Å². The molecule has 1 atom stereocenters. The number of nitrogens with zero attached hydrogens (tertiary/aromatic N) is 4. The van der Waals surface area contributed by atoms with Crippen LogP contribution in [0.25, 0.3) is 11.4 Å². The highest BCUT2D eigenvalue weighted by molar-refractivity contribution is 5.89. The molecule has 0 radical (unpaired) electrons. The molecule has 1 aromatic carbocycles. The molecule has 10 nitrogen and oxygen atoms in total. The van der Waals surface area contributed by atoms with Crippen LogP contribution in [0.15, 0.2) is 24.3 Å². The number of amides is 2. The Hall–Kier alpha value is -2.79. The third kappa shape index (κ3) is 5.78. The third-order valence-corrected chi connectivity index (χ3v) is 6.70. The molecular weight excluding hydrogens is 460 g/mol. The van der Waals surface area contributed by atoms with E-state index in [1.165, 1.54) is 5.56 Å². The fourth-order valence-corrected chi connectivity index (χ4v) is 4.97. The summed E-state index contributed by atoms with van der Waals surface area (Å²) in [4.78, 5) is 26.7. The summed E-state index contributed by atoms with van der Waals surface area (Å²) in [5, 5.41) is 5.58. The number of urea groups is 1. The molecule has 0 bridgehead atoms. The lowest BCUT2D eigenvalue weighted by atomic mass is 10.0. The van der Waals surface area contributed by atoms with Crippen molar-refractivity contribution in [3.63, 3.8) is 0 Å². The van der Waals surface area contributed by atoms with Gasteiger partial charge in [0, 0.05) is 56.1 Å². The molecule has 2 amide bonds. The van der Waals surface area contributed by atoms with Crippen LogP contribution in [0.1, 0.15) is 32.0 Å². The fraction of sp³-hybridized carbons (Fsp3) is 0.577. The largest absolute Gasteiger partial charge is 0.378 e. The summed E-state index contributed by atoms with van der Waals surface area (Å²) in [5.74, 6) is 1.20. The van der Waals surface area contributed by atoms with E-state index in [1.807, 2.05) is 45.0 Å². The summed E-state index contributed by atoms with van der Waals surface area (Å²) in [5.41, 5.74) is 3.94. The third-order valence-electron chi connectivity index (χ3n) is 6.70. The van der Waals surface area contributed by atoms with E-state index in [9.17, 15) is 4.79 Å². The topological polar surface area (TPSA) is 101 Å². The number of hydrogen-bond acceptors (Lipinski definition) is 8. The minimum atomic E-state index is -0.518. The lowest BCUT2D eigenvalue weighted by molar-refractivity contribution is -0.140. The Morgan fingerprint density at radius 1 is 1.14 bits per heavy atom. The molecule has 194 valence electrons. The van der Waals surface area contributed by atoms with Gasteiger partial charge in [0.05, 0.1) is 31.6 Å². The van der Waals surface area contributed by atoms with Crippen LogP contribution in [0.2, 0.25) is 0 Å². The van der Waals surface area contributed by atoms with E-state index in [4.69, 9.17) is 24.2 Å². The van der Waals surface area contributed by atoms with Crippen molar-refractivity contribution >= 4 is 17.5 Å². The Morgan fingerprint density at radius 3 is 2.61 bits per heavy atom. The standard InChI is InChI=1S/C26H36N6O4/c1-4-27-25(33)28-19-7-5-18(6-8-19)23-29-22-16-31(15-20-17-35-26(2,3)36-20)10-9-21(22)24(30-23)32-11-13-34-14-12-32/h5-8,20H,4,9-17H2,1-3H3,(H2,27,28,33)/t20-/m1/s1. The Kier molecular flexibility index (Phi) is 7.38. The van der Waals surface area contributed by atoms with Crippen LogP contribution in [0.5, 0.6) is 0 Å². The number of carbonyl (C=O) groups excluding carboxylic acids is 1. The molecule has 2 fully saturated rings. The molecule has 1 aromatic heterocycles. The van der Waals surface area contributed by atoms with Gasteiger partial charge in [-0.25, -0.2) is 14.8 Å². The van der Waals surface area contributed by atoms with E-state index in [0.717, 1.165) is 61.9 Å². The molecule has 36 heavy (non-hydrogen) atoms. The zero-order valence-corrected chi connectivity index (χ0v) is 21.4. The van der Waals surface area contributed by atoms with Gasteiger partial charge < -0.3 is 29.7 Å². The average molecular weight is 497 g/mol. The highest BCUT2D eigenvalue weighted by Gasteiger charge is 2.35. The molecule has 0 saturated carbocycles. The Bertz CT molecular complexity index is 1070. The van der Waals surface area contributed by atoms with Gasteiger partial charge in [0.25, 0.3) is 0 Å². The monoisotopic (exact) mass is 496 g/mol. The minimum Gasteiger partial charge on any atom is -0.378 e. The molecule has 0 unspecified atom stereocenters. The first kappa shape index (κ1) is 24.9. The Labute approximate surface area is 212 Å². The molecule has 0 aliphatic carbocycles. The summed E-state index contributed by atoms with van der Waals surface area (Å²) >= 11 is 0. The van der Waals surface area contributed by atoms with E-state index in [0.29, 0.717) is 32.2 Å². The fourth-order valence-electron chi connectivity index (χ4n) is 4.97. The first-order valence-electron chi connectivity index (χ1n) is 12.8. The highest BCUT2D eigenvalue weighted by Crippen LogP contribution is 2.31. The van der Waals surface area contributed by atoms with E-state index in [-0.39, 0.29) is 12.1 Å². The van der Waals surface area contributed by atoms with Crippen LogP contribution >= 0.6 is 0 Å². The predicted molar refractivity (Wildman–Crippen MR) is 137 cm³/mol. The number of benzene rings is 1. The molecule has 0 spiro atoms. The SMILES string of the molecule is CCNC(=O)Nc1ccc(-c2nc3c(c(N4CCOCC4)n2)CCN(C[C@@H]2COC(C)(C)O2)C3)cc1. The summed E-state index contributed by atoms with van der Waals surface area (Å²) in [7, 11) is 0. The summed E-state index contributed by atoms with van der Waals surface area (Å²) in [6.45, 7) is 12.6. The van der Waals surface area contributed by atoms with Gasteiger partial charge in [-0.15, -0.1) is 0 Å². The van der Waals surface area contributed by atoms with Gasteiger partial charge in [-0.3, -0.25) is 4.90 Å². The summed E-state index contributed by atoms with van der Waals surface area (Å²) in [6, 6.07) is 7.46. The van der Waals surface area contributed by atoms with Crippen LogP contribution in [-0.2, 0) is 27.2 Å². The van der Waals surface area contributed by atoms with Gasteiger partial charge >= 0.3 is 6.03 Å². The zero-order valence-electron chi connectivity index (χ0n) is 21.4. The highest BCUT2D eigenvalue weighted by atomic mass is 16.7. The predicted octanol–water partition coefficient (Wildman–Crippen LogP) is 2.63. The van der Waals surface area contributed by atoms with Crippen LogP contribution in [0, 0.1) is 0 Å². The lowest BCUT2D eigenvalue weighted by Gasteiger charge is -2.34. The Balaban J connectivity index is 1.39. The molecule has 3 aliphatic rings. The number of nitrogens with one attached hydrogen (secondary N) is 2. The van der Waals surface area contributed by atoms with Crippen LogP contribution in [0.4, 0.5) is 16.3 Å². The number of rotatable bonds is 6. The second-order valence-corrected chi connectivity index (χ2v) is 9.89. The smallest absolute Gasteiger partial charge is 0.319 e. The van der Waals surface area contributed by atoms with E-state index < -0.39 is 5.79 Å². The number of anilines is 2. The first-order chi connectivity index (χ1) is 17.4. The molecular formula is C26H36N6O4. The quantitative estimate of drug-likeness (QED) is 0.630. The molecule has 2 aromatic rings. The number of hydrogen-bond donors (Lipinski definition) is 2. The first-order valence-corrected chi connectivity index (χ1v) is 12.8. The maximum atomic E-state index is 11.9. The number of fused-ring (bicyclic) bond motifs is 1. The van der Waals surface area contributed by atoms with E-state index in [2.05, 4.69) is 20.4 Å². The van der Waals surface area contributed by atoms with Gasteiger partial charge in [0.2, 0.25) is 0 Å². The number of morpholine rings is 1. The molecule has 10 heteroatoms. The van der Waals surface area contributed by atoms with E-state index >= 15 is 0 Å². The van der Waals surface area contributed by atoms with Crippen molar-refractivity contribution in [3.8, 4) is 11.4 Å².